The third kappa shape index (κ3) is 4.05. The SMILES string of the molecule is O=C(c1cnn(-c2ccccc2)c1)N1C[C@@H](CO)[C@@H](CN2CCOCC2)C1. The van der Waals surface area contributed by atoms with Gasteiger partial charge in [0.15, 0.2) is 0 Å². The number of aromatic nitrogens is 2. The molecule has 2 aliphatic rings. The van der Waals surface area contributed by atoms with Gasteiger partial charge in [0.05, 0.1) is 30.7 Å². The number of carbonyl (C=O) groups excluding carboxylic acids is 1. The third-order valence-corrected chi connectivity index (χ3v) is 5.54. The van der Waals surface area contributed by atoms with Gasteiger partial charge in [0, 0.05) is 51.4 Å². The van der Waals surface area contributed by atoms with Gasteiger partial charge in [-0.05, 0) is 18.1 Å². The zero-order valence-corrected chi connectivity index (χ0v) is 15.4. The molecule has 2 atom stereocenters. The van der Waals surface area contributed by atoms with E-state index in [-0.39, 0.29) is 18.4 Å². The molecule has 0 aliphatic carbocycles. The fraction of sp³-hybridized carbons (Fsp3) is 0.500. The molecule has 7 nitrogen and oxygen atoms in total. The summed E-state index contributed by atoms with van der Waals surface area (Å²) in [6.07, 6.45) is 3.40. The lowest BCUT2D eigenvalue weighted by molar-refractivity contribution is 0.0264. The van der Waals surface area contributed by atoms with Crippen LogP contribution in [-0.4, -0.2) is 83.1 Å². The van der Waals surface area contributed by atoms with Crippen LogP contribution in [0.15, 0.2) is 42.7 Å². The fourth-order valence-electron chi connectivity index (χ4n) is 3.97. The average molecular weight is 370 g/mol. The van der Waals surface area contributed by atoms with Crippen molar-refractivity contribution in [3.63, 3.8) is 0 Å². The van der Waals surface area contributed by atoms with E-state index in [9.17, 15) is 9.90 Å². The van der Waals surface area contributed by atoms with Crippen LogP contribution in [0.25, 0.3) is 5.69 Å². The lowest BCUT2D eigenvalue weighted by atomic mass is 9.96. The fourth-order valence-corrected chi connectivity index (χ4v) is 3.97. The normalized spacial score (nSPS) is 23.7. The Labute approximate surface area is 159 Å². The Morgan fingerprint density at radius 2 is 1.89 bits per heavy atom. The Balaban J connectivity index is 1.42. The maximum Gasteiger partial charge on any atom is 0.257 e. The van der Waals surface area contributed by atoms with Crippen LogP contribution in [0, 0.1) is 11.8 Å². The van der Waals surface area contributed by atoms with Gasteiger partial charge in [-0.2, -0.15) is 5.10 Å². The molecule has 1 aromatic carbocycles. The number of rotatable bonds is 5. The molecule has 0 radical (unpaired) electrons. The molecule has 144 valence electrons. The number of likely N-dealkylation sites (tertiary alicyclic amines) is 1. The second-order valence-corrected chi connectivity index (χ2v) is 7.33. The van der Waals surface area contributed by atoms with Crippen molar-refractivity contribution in [3.05, 3.63) is 48.3 Å². The first kappa shape index (κ1) is 18.2. The number of hydrogen-bond donors (Lipinski definition) is 1. The van der Waals surface area contributed by atoms with Crippen molar-refractivity contribution in [2.45, 2.75) is 0 Å². The van der Waals surface area contributed by atoms with Crippen LogP contribution in [0.5, 0.6) is 0 Å². The van der Waals surface area contributed by atoms with Gasteiger partial charge < -0.3 is 14.7 Å². The standard InChI is InChI=1S/C20H26N4O3/c25-15-18-13-23(12-17(18)11-22-6-8-27-9-7-22)20(26)16-10-21-24(14-16)19-4-2-1-3-5-19/h1-5,10,14,17-18,25H,6-9,11-13,15H2/t17-,18-/m0/s1. The minimum atomic E-state index is -0.0138. The van der Waals surface area contributed by atoms with Crippen molar-refractivity contribution < 1.29 is 14.6 Å². The summed E-state index contributed by atoms with van der Waals surface area (Å²) in [6.45, 7) is 5.66. The number of aliphatic hydroxyl groups excluding tert-OH is 1. The van der Waals surface area contributed by atoms with E-state index < -0.39 is 0 Å². The minimum Gasteiger partial charge on any atom is -0.396 e. The highest BCUT2D eigenvalue weighted by Crippen LogP contribution is 2.26. The Bertz CT molecular complexity index is 758. The summed E-state index contributed by atoms with van der Waals surface area (Å²) < 4.78 is 7.13. The van der Waals surface area contributed by atoms with Gasteiger partial charge in [0.2, 0.25) is 0 Å². The highest BCUT2D eigenvalue weighted by molar-refractivity contribution is 5.94. The molecule has 7 heteroatoms. The molecular formula is C20H26N4O3. The number of amides is 1. The van der Waals surface area contributed by atoms with Gasteiger partial charge in [-0.15, -0.1) is 0 Å². The molecule has 1 aromatic heterocycles. The van der Waals surface area contributed by atoms with Crippen LogP contribution in [0.4, 0.5) is 0 Å². The van der Waals surface area contributed by atoms with Gasteiger partial charge in [-0.3, -0.25) is 9.69 Å². The molecule has 1 N–H and O–H groups in total. The minimum absolute atomic E-state index is 0.0138. The van der Waals surface area contributed by atoms with Crippen molar-refractivity contribution in [3.8, 4) is 5.69 Å². The average Bonchev–Trinajstić information content (AvgIpc) is 3.36. The first-order chi connectivity index (χ1) is 13.2. The monoisotopic (exact) mass is 370 g/mol. The van der Waals surface area contributed by atoms with Crippen molar-refractivity contribution in [2.75, 3.05) is 52.5 Å². The summed E-state index contributed by atoms with van der Waals surface area (Å²) in [5.74, 6) is 0.405. The maximum atomic E-state index is 12.9. The van der Waals surface area contributed by atoms with Crippen LogP contribution in [0.3, 0.4) is 0 Å². The molecular weight excluding hydrogens is 344 g/mol. The molecule has 27 heavy (non-hydrogen) atoms. The van der Waals surface area contributed by atoms with E-state index in [1.54, 1.807) is 17.1 Å². The zero-order chi connectivity index (χ0) is 18.6. The number of carbonyl (C=O) groups is 1. The van der Waals surface area contributed by atoms with Crippen LogP contribution < -0.4 is 0 Å². The predicted molar refractivity (Wildman–Crippen MR) is 101 cm³/mol. The van der Waals surface area contributed by atoms with Crippen LogP contribution >= 0.6 is 0 Å². The van der Waals surface area contributed by atoms with E-state index >= 15 is 0 Å². The van der Waals surface area contributed by atoms with E-state index in [1.165, 1.54) is 0 Å². The topological polar surface area (TPSA) is 70.8 Å². The van der Waals surface area contributed by atoms with Gasteiger partial charge in [0.1, 0.15) is 0 Å². The Morgan fingerprint density at radius 3 is 2.63 bits per heavy atom. The highest BCUT2D eigenvalue weighted by Gasteiger charge is 2.36. The molecule has 2 aliphatic heterocycles. The van der Waals surface area contributed by atoms with E-state index in [4.69, 9.17) is 4.74 Å². The highest BCUT2D eigenvalue weighted by atomic mass is 16.5. The number of benzene rings is 1. The van der Waals surface area contributed by atoms with E-state index in [0.717, 1.165) is 38.5 Å². The number of aliphatic hydroxyl groups is 1. The summed E-state index contributed by atoms with van der Waals surface area (Å²) in [4.78, 5) is 17.2. The molecule has 0 spiro atoms. The van der Waals surface area contributed by atoms with Gasteiger partial charge in [-0.1, -0.05) is 18.2 Å². The van der Waals surface area contributed by atoms with E-state index in [0.29, 0.717) is 24.6 Å². The van der Waals surface area contributed by atoms with Crippen LogP contribution in [-0.2, 0) is 4.74 Å². The summed E-state index contributed by atoms with van der Waals surface area (Å²) in [7, 11) is 0. The van der Waals surface area contributed by atoms with Crippen LogP contribution in [0.2, 0.25) is 0 Å². The Hall–Kier alpha value is -2.22. The molecule has 4 rings (SSSR count). The number of hydrogen-bond acceptors (Lipinski definition) is 5. The predicted octanol–water partition coefficient (Wildman–Crippen LogP) is 0.885. The van der Waals surface area contributed by atoms with Gasteiger partial charge in [-0.25, -0.2) is 4.68 Å². The van der Waals surface area contributed by atoms with Crippen LogP contribution in [0.1, 0.15) is 10.4 Å². The quantitative estimate of drug-likeness (QED) is 0.846. The second-order valence-electron chi connectivity index (χ2n) is 7.33. The first-order valence-corrected chi connectivity index (χ1v) is 9.55. The molecule has 0 saturated carbocycles. The van der Waals surface area contributed by atoms with Gasteiger partial charge >= 0.3 is 0 Å². The van der Waals surface area contributed by atoms with Crippen molar-refractivity contribution in [2.24, 2.45) is 11.8 Å². The van der Waals surface area contributed by atoms with Crippen molar-refractivity contribution >= 4 is 5.91 Å². The molecule has 0 unspecified atom stereocenters. The van der Waals surface area contributed by atoms with Gasteiger partial charge in [0.25, 0.3) is 5.91 Å². The second kappa shape index (κ2) is 8.21. The number of morpholine rings is 1. The summed E-state index contributed by atoms with van der Waals surface area (Å²) in [5, 5.41) is 14.1. The maximum absolute atomic E-state index is 12.9. The lowest BCUT2D eigenvalue weighted by Gasteiger charge is -2.30. The Kier molecular flexibility index (Phi) is 5.52. The summed E-state index contributed by atoms with van der Waals surface area (Å²) in [6, 6.07) is 9.75. The number of para-hydroxylation sites is 1. The summed E-state index contributed by atoms with van der Waals surface area (Å²) in [5.41, 5.74) is 1.51. The smallest absolute Gasteiger partial charge is 0.257 e. The number of ether oxygens (including phenoxy) is 1. The van der Waals surface area contributed by atoms with Crippen molar-refractivity contribution in [1.29, 1.82) is 0 Å². The van der Waals surface area contributed by atoms with E-state index in [2.05, 4.69) is 10.00 Å². The molecule has 1 amide bonds. The first-order valence-electron chi connectivity index (χ1n) is 9.55. The molecule has 0 bridgehead atoms. The Morgan fingerprint density at radius 1 is 1.15 bits per heavy atom. The lowest BCUT2D eigenvalue weighted by Crippen LogP contribution is -2.41. The number of nitrogens with zero attached hydrogens (tertiary/aromatic N) is 4. The molecule has 2 saturated heterocycles. The largest absolute Gasteiger partial charge is 0.396 e. The summed E-state index contributed by atoms with van der Waals surface area (Å²) >= 11 is 0. The molecule has 2 aromatic rings. The molecule has 2 fully saturated rings. The zero-order valence-electron chi connectivity index (χ0n) is 15.4. The van der Waals surface area contributed by atoms with E-state index in [1.807, 2.05) is 35.2 Å². The molecule has 3 heterocycles. The third-order valence-electron chi connectivity index (χ3n) is 5.54. The van der Waals surface area contributed by atoms with Crippen molar-refractivity contribution in [1.82, 2.24) is 19.6 Å².